The second-order valence-corrected chi connectivity index (χ2v) is 5.31. The molecular formula is C11H18N2O4S. The second-order valence-electron chi connectivity index (χ2n) is 4.21. The van der Waals surface area contributed by atoms with Gasteiger partial charge >= 0.3 is 5.97 Å². The number of amides is 2. The molecule has 1 saturated heterocycles. The van der Waals surface area contributed by atoms with E-state index in [2.05, 4.69) is 0 Å². The molecule has 6 nitrogen and oxygen atoms in total. The third-order valence-electron chi connectivity index (χ3n) is 2.81. The lowest BCUT2D eigenvalue weighted by Crippen LogP contribution is -2.48. The highest BCUT2D eigenvalue weighted by Gasteiger charge is 2.31. The van der Waals surface area contributed by atoms with Gasteiger partial charge in [-0.05, 0) is 19.3 Å². The summed E-state index contributed by atoms with van der Waals surface area (Å²) in [5.74, 6) is -0.819. The Bertz CT molecular complexity index is 335. The van der Waals surface area contributed by atoms with Crippen LogP contribution >= 0.6 is 11.8 Å². The molecule has 0 saturated carbocycles. The number of hydrogen-bond donors (Lipinski definition) is 2. The van der Waals surface area contributed by atoms with E-state index in [4.69, 9.17) is 10.8 Å². The average Bonchev–Trinajstić information content (AvgIpc) is 2.34. The molecule has 0 aromatic heterocycles. The van der Waals surface area contributed by atoms with Gasteiger partial charge in [-0.15, -0.1) is 0 Å². The summed E-state index contributed by atoms with van der Waals surface area (Å²) in [6.45, 7) is 0.510. The number of likely N-dealkylation sites (tertiary alicyclic amines) is 1. The molecule has 1 atom stereocenters. The molecule has 7 heteroatoms. The lowest BCUT2D eigenvalue weighted by Gasteiger charge is -2.33. The number of nitrogens with two attached hydrogens (primary N) is 1. The summed E-state index contributed by atoms with van der Waals surface area (Å²) in [4.78, 5) is 34.9. The Kier molecular flexibility index (Phi) is 5.97. The van der Waals surface area contributed by atoms with E-state index < -0.39 is 17.9 Å². The van der Waals surface area contributed by atoms with Crippen molar-refractivity contribution in [2.75, 3.05) is 18.1 Å². The minimum atomic E-state index is -0.937. The second kappa shape index (κ2) is 7.25. The number of carbonyl (C=O) groups is 3. The SMILES string of the molecule is NC(=O)CSCCC(=O)N1CCCC[C@H]1C(=O)O. The van der Waals surface area contributed by atoms with E-state index in [9.17, 15) is 14.4 Å². The van der Waals surface area contributed by atoms with E-state index in [1.54, 1.807) is 0 Å². The van der Waals surface area contributed by atoms with Gasteiger partial charge in [-0.3, -0.25) is 9.59 Å². The van der Waals surface area contributed by atoms with Crippen LogP contribution in [0.1, 0.15) is 25.7 Å². The van der Waals surface area contributed by atoms with Gasteiger partial charge in [-0.2, -0.15) is 11.8 Å². The van der Waals surface area contributed by atoms with Crippen LogP contribution in [0.2, 0.25) is 0 Å². The van der Waals surface area contributed by atoms with Crippen molar-refractivity contribution in [1.29, 1.82) is 0 Å². The molecule has 0 aromatic rings. The standard InChI is InChI=1S/C11H18N2O4S/c12-9(14)7-18-6-4-10(15)13-5-2-1-3-8(13)11(16)17/h8H,1-7H2,(H2,12,14)(H,16,17)/t8-/m0/s1. The molecule has 3 N–H and O–H groups in total. The molecule has 1 aliphatic heterocycles. The van der Waals surface area contributed by atoms with Crippen LogP contribution in [-0.2, 0) is 14.4 Å². The quantitative estimate of drug-likeness (QED) is 0.667. The smallest absolute Gasteiger partial charge is 0.326 e. The number of aliphatic carboxylic acids is 1. The molecular weight excluding hydrogens is 256 g/mol. The molecule has 1 aliphatic rings. The first kappa shape index (κ1) is 14.8. The van der Waals surface area contributed by atoms with Crippen molar-refractivity contribution in [1.82, 2.24) is 4.90 Å². The van der Waals surface area contributed by atoms with Gasteiger partial charge in [0.05, 0.1) is 5.75 Å². The predicted molar refractivity (Wildman–Crippen MR) is 68.1 cm³/mol. The van der Waals surface area contributed by atoms with Crippen molar-refractivity contribution in [3.63, 3.8) is 0 Å². The Morgan fingerprint density at radius 1 is 1.33 bits per heavy atom. The summed E-state index contributed by atoms with van der Waals surface area (Å²) in [7, 11) is 0. The number of primary amides is 1. The molecule has 102 valence electrons. The summed E-state index contributed by atoms with van der Waals surface area (Å²) < 4.78 is 0. The van der Waals surface area contributed by atoms with Crippen LogP contribution < -0.4 is 5.73 Å². The molecule has 18 heavy (non-hydrogen) atoms. The predicted octanol–water partition coefficient (Wildman–Crippen LogP) is 0.0607. The fourth-order valence-corrected chi connectivity index (χ4v) is 2.63. The minimum Gasteiger partial charge on any atom is -0.480 e. The zero-order valence-electron chi connectivity index (χ0n) is 10.1. The number of hydrogen-bond acceptors (Lipinski definition) is 4. The Hall–Kier alpha value is -1.24. The van der Waals surface area contributed by atoms with Gasteiger partial charge in [-0.1, -0.05) is 0 Å². The van der Waals surface area contributed by atoms with Crippen LogP contribution in [-0.4, -0.2) is 51.9 Å². The average molecular weight is 274 g/mol. The molecule has 2 amide bonds. The van der Waals surface area contributed by atoms with Crippen LogP contribution in [0.5, 0.6) is 0 Å². The van der Waals surface area contributed by atoms with Crippen molar-refractivity contribution in [3.8, 4) is 0 Å². The van der Waals surface area contributed by atoms with Crippen LogP contribution in [0.4, 0.5) is 0 Å². The van der Waals surface area contributed by atoms with E-state index in [-0.39, 0.29) is 18.1 Å². The molecule has 0 aromatic carbocycles. The fraction of sp³-hybridized carbons (Fsp3) is 0.727. The number of carboxylic acid groups (broad SMARTS) is 1. The maximum atomic E-state index is 11.9. The molecule has 0 spiro atoms. The van der Waals surface area contributed by atoms with Crippen molar-refractivity contribution < 1.29 is 19.5 Å². The van der Waals surface area contributed by atoms with Gasteiger partial charge in [0, 0.05) is 18.7 Å². The van der Waals surface area contributed by atoms with Crippen LogP contribution in [0, 0.1) is 0 Å². The van der Waals surface area contributed by atoms with Crippen molar-refractivity contribution in [2.24, 2.45) is 5.73 Å². The summed E-state index contributed by atoms with van der Waals surface area (Å²) in [6, 6.07) is -0.688. The van der Waals surface area contributed by atoms with E-state index in [0.29, 0.717) is 18.7 Å². The lowest BCUT2D eigenvalue weighted by molar-refractivity contribution is -0.151. The molecule has 0 aliphatic carbocycles. The number of thioether (sulfide) groups is 1. The first-order valence-electron chi connectivity index (χ1n) is 5.90. The normalized spacial score (nSPS) is 19.6. The number of carboxylic acids is 1. The van der Waals surface area contributed by atoms with Gasteiger partial charge < -0.3 is 15.7 Å². The summed E-state index contributed by atoms with van der Waals surface area (Å²) in [6.07, 6.45) is 2.47. The van der Waals surface area contributed by atoms with E-state index in [1.807, 2.05) is 0 Å². The Balaban J connectivity index is 2.38. The number of nitrogens with zero attached hydrogens (tertiary/aromatic N) is 1. The summed E-state index contributed by atoms with van der Waals surface area (Å²) in [5, 5.41) is 9.04. The van der Waals surface area contributed by atoms with Crippen LogP contribution in [0.25, 0.3) is 0 Å². The molecule has 1 heterocycles. The topological polar surface area (TPSA) is 101 Å². The molecule has 0 bridgehead atoms. The number of carbonyl (C=O) groups excluding carboxylic acids is 2. The lowest BCUT2D eigenvalue weighted by atomic mass is 10.0. The number of rotatable bonds is 6. The Morgan fingerprint density at radius 2 is 2.06 bits per heavy atom. The zero-order valence-corrected chi connectivity index (χ0v) is 10.9. The van der Waals surface area contributed by atoms with Crippen LogP contribution in [0.3, 0.4) is 0 Å². The third kappa shape index (κ3) is 4.56. The van der Waals surface area contributed by atoms with E-state index in [1.165, 1.54) is 16.7 Å². The molecule has 0 radical (unpaired) electrons. The highest BCUT2D eigenvalue weighted by atomic mass is 32.2. The zero-order chi connectivity index (χ0) is 13.5. The van der Waals surface area contributed by atoms with Gasteiger partial charge in [0.25, 0.3) is 0 Å². The largest absolute Gasteiger partial charge is 0.480 e. The van der Waals surface area contributed by atoms with Crippen molar-refractivity contribution in [3.05, 3.63) is 0 Å². The Labute approximate surface area is 110 Å². The highest BCUT2D eigenvalue weighted by Crippen LogP contribution is 2.18. The summed E-state index contributed by atoms with van der Waals surface area (Å²) in [5.41, 5.74) is 4.98. The Morgan fingerprint density at radius 3 is 2.67 bits per heavy atom. The first-order chi connectivity index (χ1) is 8.52. The first-order valence-corrected chi connectivity index (χ1v) is 7.06. The monoisotopic (exact) mass is 274 g/mol. The minimum absolute atomic E-state index is 0.154. The van der Waals surface area contributed by atoms with Crippen molar-refractivity contribution in [2.45, 2.75) is 31.7 Å². The van der Waals surface area contributed by atoms with Gasteiger partial charge in [0.1, 0.15) is 6.04 Å². The van der Waals surface area contributed by atoms with Crippen LogP contribution in [0.15, 0.2) is 0 Å². The third-order valence-corrected chi connectivity index (χ3v) is 3.79. The van der Waals surface area contributed by atoms with E-state index in [0.717, 1.165) is 12.8 Å². The maximum absolute atomic E-state index is 11.9. The number of piperidine rings is 1. The van der Waals surface area contributed by atoms with Gasteiger partial charge in [-0.25, -0.2) is 4.79 Å². The fourth-order valence-electron chi connectivity index (χ4n) is 1.96. The maximum Gasteiger partial charge on any atom is 0.326 e. The highest BCUT2D eigenvalue weighted by molar-refractivity contribution is 7.99. The van der Waals surface area contributed by atoms with Gasteiger partial charge in [0.15, 0.2) is 0 Å². The molecule has 1 fully saturated rings. The molecule has 0 unspecified atom stereocenters. The van der Waals surface area contributed by atoms with Crippen molar-refractivity contribution >= 4 is 29.5 Å². The summed E-state index contributed by atoms with van der Waals surface area (Å²) >= 11 is 1.29. The van der Waals surface area contributed by atoms with Gasteiger partial charge in [0.2, 0.25) is 11.8 Å². The van der Waals surface area contributed by atoms with E-state index >= 15 is 0 Å². The molecule has 1 rings (SSSR count).